The van der Waals surface area contributed by atoms with Crippen LogP contribution in [0, 0.1) is 0 Å². The van der Waals surface area contributed by atoms with E-state index in [-0.39, 0.29) is 0 Å². The van der Waals surface area contributed by atoms with Crippen LogP contribution in [0.25, 0.3) is 0 Å². The smallest absolute Gasteiger partial charge is 0.108 e. The van der Waals surface area contributed by atoms with Crippen molar-refractivity contribution in [1.82, 2.24) is 5.32 Å². The maximum Gasteiger partial charge on any atom is 0.108 e. The van der Waals surface area contributed by atoms with Gasteiger partial charge in [-0.25, -0.2) is 0 Å². The van der Waals surface area contributed by atoms with E-state index in [2.05, 4.69) is 23.5 Å². The zero-order valence-corrected chi connectivity index (χ0v) is 5.80. The average Bonchev–Trinajstić information content (AvgIpc) is 2.05. The lowest BCUT2D eigenvalue weighted by atomic mass is 10.2. The monoisotopic (exact) mass is 134 g/mol. The van der Waals surface area contributed by atoms with Crippen molar-refractivity contribution >= 4 is 5.71 Å². The van der Waals surface area contributed by atoms with Gasteiger partial charge in [-0.1, -0.05) is 13.2 Å². The van der Waals surface area contributed by atoms with Gasteiger partial charge in [0, 0.05) is 5.70 Å². The molecule has 10 heavy (non-hydrogen) atoms. The van der Waals surface area contributed by atoms with E-state index in [4.69, 9.17) is 0 Å². The van der Waals surface area contributed by atoms with Gasteiger partial charge in [-0.3, -0.25) is 4.99 Å². The molecule has 1 heterocycles. The third-order valence-electron chi connectivity index (χ3n) is 1.28. The number of nitrogens with one attached hydrogen (secondary N) is 1. The Kier molecular flexibility index (Phi) is 2.05. The Morgan fingerprint density at radius 1 is 1.50 bits per heavy atom. The molecule has 52 valence electrons. The maximum atomic E-state index is 4.11. The highest BCUT2D eigenvalue weighted by atomic mass is 15.0. The number of aliphatic imine (C=N–C) groups is 1. The van der Waals surface area contributed by atoms with E-state index in [1.54, 1.807) is 12.2 Å². The van der Waals surface area contributed by atoms with E-state index in [0.29, 0.717) is 6.67 Å². The zero-order chi connectivity index (χ0) is 7.40. The molecule has 0 atom stereocenters. The molecule has 2 nitrogen and oxygen atoms in total. The van der Waals surface area contributed by atoms with Crippen LogP contribution in [0.2, 0.25) is 0 Å². The summed E-state index contributed by atoms with van der Waals surface area (Å²) in [6.45, 7) is 7.87. The molecule has 0 fully saturated rings. The maximum absolute atomic E-state index is 4.11. The molecule has 0 spiro atoms. The molecule has 2 heteroatoms. The topological polar surface area (TPSA) is 24.4 Å². The van der Waals surface area contributed by atoms with Gasteiger partial charge in [0.1, 0.15) is 6.67 Å². The summed E-state index contributed by atoms with van der Waals surface area (Å²) in [7, 11) is 0. The SMILES string of the molecule is C=CC1=CC(C=C)=NCN1. The molecule has 0 bridgehead atoms. The molecule has 0 radical (unpaired) electrons. The van der Waals surface area contributed by atoms with E-state index >= 15 is 0 Å². The van der Waals surface area contributed by atoms with E-state index < -0.39 is 0 Å². The van der Waals surface area contributed by atoms with Gasteiger partial charge in [0.05, 0.1) is 5.71 Å². The Hall–Kier alpha value is -1.31. The van der Waals surface area contributed by atoms with Gasteiger partial charge in [0.15, 0.2) is 0 Å². The molecule has 0 aromatic rings. The van der Waals surface area contributed by atoms with Crippen LogP contribution in [0.5, 0.6) is 0 Å². The van der Waals surface area contributed by atoms with Gasteiger partial charge in [0.2, 0.25) is 0 Å². The second-order valence-electron chi connectivity index (χ2n) is 1.93. The highest BCUT2D eigenvalue weighted by Crippen LogP contribution is 1.98. The third-order valence-corrected chi connectivity index (χ3v) is 1.28. The largest absolute Gasteiger partial charge is 0.366 e. The first-order chi connectivity index (χ1) is 4.86. The second-order valence-corrected chi connectivity index (χ2v) is 1.93. The summed E-state index contributed by atoms with van der Waals surface area (Å²) in [5, 5.41) is 3.04. The molecule has 0 unspecified atom stereocenters. The van der Waals surface area contributed by atoms with Crippen molar-refractivity contribution in [2.45, 2.75) is 0 Å². The first-order valence-electron chi connectivity index (χ1n) is 3.11. The molecule has 0 aliphatic carbocycles. The lowest BCUT2D eigenvalue weighted by molar-refractivity contribution is 0.839. The minimum Gasteiger partial charge on any atom is -0.366 e. The van der Waals surface area contributed by atoms with E-state index in [1.165, 1.54) is 0 Å². The molecular weight excluding hydrogens is 124 g/mol. The van der Waals surface area contributed by atoms with Crippen LogP contribution in [-0.4, -0.2) is 12.4 Å². The number of allylic oxidation sites excluding steroid dienone is 3. The van der Waals surface area contributed by atoms with E-state index in [9.17, 15) is 0 Å². The summed E-state index contributed by atoms with van der Waals surface area (Å²) in [6, 6.07) is 0. The number of hydrogen-bond donors (Lipinski definition) is 1. The van der Waals surface area contributed by atoms with E-state index in [0.717, 1.165) is 11.4 Å². The van der Waals surface area contributed by atoms with Crippen molar-refractivity contribution in [3.8, 4) is 0 Å². The molecule has 1 aliphatic rings. The molecule has 1 rings (SSSR count). The van der Waals surface area contributed by atoms with Gasteiger partial charge in [-0.15, -0.1) is 0 Å². The fourth-order valence-electron chi connectivity index (χ4n) is 0.733. The summed E-state index contributed by atoms with van der Waals surface area (Å²) >= 11 is 0. The minimum atomic E-state index is 0.624. The molecule has 0 saturated heterocycles. The first-order valence-corrected chi connectivity index (χ1v) is 3.11. The van der Waals surface area contributed by atoms with E-state index in [1.807, 2.05) is 6.08 Å². The number of nitrogens with zero attached hydrogens (tertiary/aromatic N) is 1. The summed E-state index contributed by atoms with van der Waals surface area (Å²) in [5.41, 5.74) is 1.92. The number of rotatable bonds is 2. The van der Waals surface area contributed by atoms with Crippen molar-refractivity contribution in [3.05, 3.63) is 37.1 Å². The molecular formula is C8H10N2. The fraction of sp³-hybridized carbons (Fsp3) is 0.125. The Morgan fingerprint density at radius 2 is 2.30 bits per heavy atom. The van der Waals surface area contributed by atoms with Gasteiger partial charge >= 0.3 is 0 Å². The normalized spacial score (nSPS) is 16.4. The predicted molar refractivity (Wildman–Crippen MR) is 43.9 cm³/mol. The van der Waals surface area contributed by atoms with Crippen molar-refractivity contribution in [1.29, 1.82) is 0 Å². The Balaban J connectivity index is 2.79. The predicted octanol–water partition coefficient (Wildman–Crippen LogP) is 1.24. The van der Waals surface area contributed by atoms with Crippen LogP contribution in [0.1, 0.15) is 0 Å². The molecule has 0 saturated carbocycles. The molecule has 0 amide bonds. The van der Waals surface area contributed by atoms with Gasteiger partial charge < -0.3 is 5.32 Å². The van der Waals surface area contributed by atoms with Crippen LogP contribution >= 0.6 is 0 Å². The Labute approximate surface area is 60.7 Å². The minimum absolute atomic E-state index is 0.624. The van der Waals surface area contributed by atoms with Crippen molar-refractivity contribution < 1.29 is 0 Å². The Morgan fingerprint density at radius 3 is 2.90 bits per heavy atom. The van der Waals surface area contributed by atoms with Gasteiger partial charge in [0.25, 0.3) is 0 Å². The van der Waals surface area contributed by atoms with Crippen LogP contribution < -0.4 is 5.32 Å². The van der Waals surface area contributed by atoms with Crippen LogP contribution in [0.4, 0.5) is 0 Å². The second kappa shape index (κ2) is 3.01. The van der Waals surface area contributed by atoms with Crippen LogP contribution in [-0.2, 0) is 0 Å². The molecule has 0 aromatic heterocycles. The lowest BCUT2D eigenvalue weighted by Gasteiger charge is -2.09. The molecule has 1 N–H and O–H groups in total. The molecule has 0 aromatic carbocycles. The summed E-state index contributed by atoms with van der Waals surface area (Å²) in [6.07, 6.45) is 5.39. The summed E-state index contributed by atoms with van der Waals surface area (Å²) in [5.74, 6) is 0. The quantitative estimate of drug-likeness (QED) is 0.603. The number of hydrogen-bond acceptors (Lipinski definition) is 2. The highest BCUT2D eigenvalue weighted by Gasteiger charge is 1.97. The third kappa shape index (κ3) is 1.35. The first kappa shape index (κ1) is 6.81. The summed E-state index contributed by atoms with van der Waals surface area (Å²) < 4.78 is 0. The van der Waals surface area contributed by atoms with Crippen molar-refractivity contribution in [2.75, 3.05) is 6.67 Å². The van der Waals surface area contributed by atoms with Crippen molar-refractivity contribution in [3.63, 3.8) is 0 Å². The van der Waals surface area contributed by atoms with Gasteiger partial charge in [-0.2, -0.15) is 0 Å². The Bertz CT molecular complexity index is 211. The van der Waals surface area contributed by atoms with Gasteiger partial charge in [-0.05, 0) is 18.2 Å². The standard InChI is InChI=1S/C8H10N2/c1-3-7-5-8(4-2)10-6-9-7/h3-5,9H,1-2,6H2. The van der Waals surface area contributed by atoms with Crippen LogP contribution in [0.15, 0.2) is 42.1 Å². The zero-order valence-electron chi connectivity index (χ0n) is 5.80. The fourth-order valence-corrected chi connectivity index (χ4v) is 0.733. The van der Waals surface area contributed by atoms with Crippen LogP contribution in [0.3, 0.4) is 0 Å². The highest BCUT2D eigenvalue weighted by molar-refractivity contribution is 6.04. The molecule has 1 aliphatic heterocycles. The summed E-state index contributed by atoms with van der Waals surface area (Å²) in [4.78, 5) is 4.11. The lowest BCUT2D eigenvalue weighted by Crippen LogP contribution is -2.18. The van der Waals surface area contributed by atoms with Crippen molar-refractivity contribution in [2.24, 2.45) is 4.99 Å². The average molecular weight is 134 g/mol.